The fraction of sp³-hybridized carbons (Fsp3) is 0.833. The summed E-state index contributed by atoms with van der Waals surface area (Å²) < 4.78 is 0. The number of carbonyl (C=O) groups is 3. The van der Waals surface area contributed by atoms with Crippen LogP contribution in [0.5, 0.6) is 0 Å². The first-order valence-electron chi connectivity index (χ1n) is 9.69. The van der Waals surface area contributed by atoms with Crippen molar-refractivity contribution in [1.82, 2.24) is 15.5 Å². The van der Waals surface area contributed by atoms with E-state index in [4.69, 9.17) is 0 Å². The summed E-state index contributed by atoms with van der Waals surface area (Å²) in [6.07, 6.45) is 5.89. The normalized spacial score (nSPS) is 38.0. The van der Waals surface area contributed by atoms with Gasteiger partial charge in [-0.3, -0.25) is 9.59 Å². The van der Waals surface area contributed by atoms with Crippen LogP contribution in [0.4, 0.5) is 4.79 Å². The van der Waals surface area contributed by atoms with Crippen molar-refractivity contribution in [3.05, 3.63) is 0 Å². The number of nitrogens with one attached hydrogen (secondary N) is 2. The Morgan fingerprint density at radius 2 is 2.15 bits per heavy atom. The van der Waals surface area contributed by atoms with Gasteiger partial charge in [-0.2, -0.15) is 11.8 Å². The fourth-order valence-corrected chi connectivity index (χ4v) is 6.80. The molecule has 3 amide bonds. The van der Waals surface area contributed by atoms with Gasteiger partial charge in [0.2, 0.25) is 5.91 Å². The van der Waals surface area contributed by atoms with Crippen molar-refractivity contribution in [3.63, 3.8) is 0 Å². The Hall–Kier alpha value is -1.44. The Balaban J connectivity index is 1.21. The number of hydrogen-bond donors (Lipinski definition) is 3. The topological polar surface area (TPSA) is 98.7 Å². The van der Waals surface area contributed by atoms with Gasteiger partial charge in [-0.1, -0.05) is 12.8 Å². The molecule has 26 heavy (non-hydrogen) atoms. The molecule has 5 atom stereocenters. The van der Waals surface area contributed by atoms with Crippen molar-refractivity contribution in [2.24, 2.45) is 11.3 Å². The van der Waals surface area contributed by atoms with Crippen LogP contribution in [0.15, 0.2) is 0 Å². The second kappa shape index (κ2) is 6.94. The maximum Gasteiger partial charge on any atom is 0.315 e. The van der Waals surface area contributed by atoms with Crippen LogP contribution < -0.4 is 10.6 Å². The summed E-state index contributed by atoms with van der Waals surface area (Å²) in [4.78, 5) is 37.4. The number of carboxylic acids is 1. The van der Waals surface area contributed by atoms with E-state index in [1.165, 1.54) is 0 Å². The number of urea groups is 1. The minimum atomic E-state index is -0.727. The number of nitrogens with zero attached hydrogens (tertiary/aromatic N) is 1. The summed E-state index contributed by atoms with van der Waals surface area (Å²) >= 11 is 1.90. The van der Waals surface area contributed by atoms with Crippen LogP contribution in [0.1, 0.15) is 44.9 Å². The highest BCUT2D eigenvalue weighted by molar-refractivity contribution is 8.00. The molecule has 8 heteroatoms. The number of amides is 3. The van der Waals surface area contributed by atoms with Gasteiger partial charge in [0.1, 0.15) is 0 Å². The van der Waals surface area contributed by atoms with Crippen LogP contribution in [0.25, 0.3) is 0 Å². The molecule has 4 rings (SSSR count). The zero-order chi connectivity index (χ0) is 18.3. The molecule has 3 N–H and O–H groups in total. The number of rotatable bonds is 6. The van der Waals surface area contributed by atoms with Crippen LogP contribution in [0, 0.1) is 11.3 Å². The monoisotopic (exact) mass is 381 g/mol. The molecule has 3 unspecified atom stereocenters. The molecule has 0 aromatic rings. The third kappa shape index (κ3) is 3.06. The number of likely N-dealkylation sites (tertiary alicyclic amines) is 1. The summed E-state index contributed by atoms with van der Waals surface area (Å²) in [5.41, 5.74) is -0.682. The van der Waals surface area contributed by atoms with Gasteiger partial charge in [0.15, 0.2) is 0 Å². The summed E-state index contributed by atoms with van der Waals surface area (Å²) in [6, 6.07) is 0.402. The standard InChI is InChI=1S/C18H27N3O4S/c22-14(21-8-11-4-3-7-18(11,10-21)16(23)24)6-2-1-5-13-15-12(9-26-13)19-17(25)20-15/h11-13,15H,1-10H2,(H,23,24)(H2,19,20,25)/t11-,12?,13?,15?,18+/m0/s1. The first-order valence-corrected chi connectivity index (χ1v) is 10.7. The lowest BCUT2D eigenvalue weighted by Gasteiger charge is -2.23. The van der Waals surface area contributed by atoms with Crippen LogP contribution in [0.3, 0.4) is 0 Å². The summed E-state index contributed by atoms with van der Waals surface area (Å²) in [6.45, 7) is 1.01. The van der Waals surface area contributed by atoms with E-state index < -0.39 is 11.4 Å². The lowest BCUT2D eigenvalue weighted by atomic mass is 9.81. The van der Waals surface area contributed by atoms with E-state index >= 15 is 0 Å². The first-order chi connectivity index (χ1) is 12.5. The Bertz CT molecular complexity index is 615. The van der Waals surface area contributed by atoms with Gasteiger partial charge in [0, 0.05) is 30.5 Å². The Labute approximate surface area is 157 Å². The van der Waals surface area contributed by atoms with Gasteiger partial charge < -0.3 is 20.6 Å². The summed E-state index contributed by atoms with van der Waals surface area (Å²) in [5.74, 6) is 0.469. The smallest absolute Gasteiger partial charge is 0.315 e. The molecule has 0 radical (unpaired) electrons. The van der Waals surface area contributed by atoms with Crippen molar-refractivity contribution in [3.8, 4) is 0 Å². The number of hydrogen-bond acceptors (Lipinski definition) is 4. The van der Waals surface area contributed by atoms with Crippen LogP contribution in [0.2, 0.25) is 0 Å². The zero-order valence-electron chi connectivity index (χ0n) is 14.9. The molecule has 0 aromatic heterocycles. The van der Waals surface area contributed by atoms with Gasteiger partial charge in [0.05, 0.1) is 17.5 Å². The Morgan fingerprint density at radius 1 is 1.31 bits per heavy atom. The van der Waals surface area contributed by atoms with Crippen molar-refractivity contribution in [1.29, 1.82) is 0 Å². The molecule has 0 bridgehead atoms. The van der Waals surface area contributed by atoms with Gasteiger partial charge in [-0.25, -0.2) is 4.79 Å². The minimum absolute atomic E-state index is 0.0626. The maximum absolute atomic E-state index is 12.5. The summed E-state index contributed by atoms with van der Waals surface area (Å²) in [7, 11) is 0. The fourth-order valence-electron chi connectivity index (χ4n) is 5.25. The number of aliphatic carboxylic acids is 1. The van der Waals surface area contributed by atoms with E-state index in [9.17, 15) is 19.5 Å². The average molecular weight is 381 g/mol. The van der Waals surface area contributed by atoms with E-state index in [1.54, 1.807) is 4.90 Å². The van der Waals surface area contributed by atoms with E-state index in [1.807, 2.05) is 11.8 Å². The molecule has 3 saturated heterocycles. The molecule has 0 aromatic carbocycles. The highest BCUT2D eigenvalue weighted by Gasteiger charge is 2.55. The maximum atomic E-state index is 12.5. The van der Waals surface area contributed by atoms with E-state index in [-0.39, 0.29) is 29.9 Å². The van der Waals surface area contributed by atoms with Crippen LogP contribution in [-0.4, -0.2) is 64.1 Å². The van der Waals surface area contributed by atoms with Gasteiger partial charge in [-0.05, 0) is 31.6 Å². The van der Waals surface area contributed by atoms with Crippen molar-refractivity contribution >= 4 is 29.7 Å². The second-order valence-corrected chi connectivity index (χ2v) is 9.46. The number of unbranched alkanes of at least 4 members (excludes halogenated alkanes) is 1. The Kier molecular flexibility index (Phi) is 4.79. The lowest BCUT2D eigenvalue weighted by Crippen LogP contribution is -2.37. The Morgan fingerprint density at radius 3 is 2.92 bits per heavy atom. The molecule has 0 spiro atoms. The van der Waals surface area contributed by atoms with E-state index in [0.29, 0.717) is 31.2 Å². The largest absolute Gasteiger partial charge is 0.481 e. The van der Waals surface area contributed by atoms with Crippen molar-refractivity contribution < 1.29 is 19.5 Å². The highest BCUT2D eigenvalue weighted by Crippen LogP contribution is 2.49. The third-order valence-electron chi connectivity index (χ3n) is 6.72. The summed E-state index contributed by atoms with van der Waals surface area (Å²) in [5, 5.41) is 16.0. The molecule has 1 aliphatic carbocycles. The zero-order valence-corrected chi connectivity index (χ0v) is 15.7. The molecule has 4 fully saturated rings. The first kappa shape index (κ1) is 17.9. The quantitative estimate of drug-likeness (QED) is 0.477. The van der Waals surface area contributed by atoms with E-state index in [0.717, 1.165) is 37.9 Å². The third-order valence-corrected chi connectivity index (χ3v) is 8.23. The number of carboxylic acid groups (broad SMARTS) is 1. The molecule has 4 aliphatic rings. The van der Waals surface area contributed by atoms with Crippen molar-refractivity contribution in [2.45, 2.75) is 62.3 Å². The molecule has 144 valence electrons. The predicted octanol–water partition coefficient (Wildman–Crippen LogP) is 1.43. The van der Waals surface area contributed by atoms with Gasteiger partial charge in [0.25, 0.3) is 0 Å². The van der Waals surface area contributed by atoms with Gasteiger partial charge in [-0.15, -0.1) is 0 Å². The SMILES string of the molecule is O=C1NC2CSC(CCCCC(=O)N3C[C@@H]4CCC[C@@]4(C(=O)O)C3)C2N1. The minimum Gasteiger partial charge on any atom is -0.481 e. The second-order valence-electron chi connectivity index (χ2n) is 8.19. The number of carbonyl (C=O) groups excluding carboxylic acids is 2. The van der Waals surface area contributed by atoms with Crippen molar-refractivity contribution in [2.75, 3.05) is 18.8 Å². The molecule has 1 saturated carbocycles. The van der Waals surface area contributed by atoms with Crippen LogP contribution >= 0.6 is 11.8 Å². The molecule has 7 nitrogen and oxygen atoms in total. The molecule has 3 aliphatic heterocycles. The molecular weight excluding hydrogens is 354 g/mol. The highest BCUT2D eigenvalue weighted by atomic mass is 32.2. The molecular formula is C18H27N3O4S. The number of fused-ring (bicyclic) bond motifs is 2. The van der Waals surface area contributed by atoms with Crippen LogP contribution in [-0.2, 0) is 9.59 Å². The predicted molar refractivity (Wildman–Crippen MR) is 97.9 cm³/mol. The number of thioether (sulfide) groups is 1. The van der Waals surface area contributed by atoms with Gasteiger partial charge >= 0.3 is 12.0 Å². The lowest BCUT2D eigenvalue weighted by molar-refractivity contribution is -0.149. The molecule has 3 heterocycles. The van der Waals surface area contributed by atoms with E-state index in [2.05, 4.69) is 10.6 Å². The average Bonchev–Trinajstić information content (AvgIpc) is 3.30.